The highest BCUT2D eigenvalue weighted by molar-refractivity contribution is 5.79. The highest BCUT2D eigenvalue weighted by Crippen LogP contribution is 2.36. The zero-order chi connectivity index (χ0) is 18.5. The lowest BCUT2D eigenvalue weighted by Gasteiger charge is -2.29. The number of esters is 2. The van der Waals surface area contributed by atoms with Crippen molar-refractivity contribution in [2.24, 2.45) is 5.41 Å². The summed E-state index contributed by atoms with van der Waals surface area (Å²) < 4.78 is 10.5. The van der Waals surface area contributed by atoms with Gasteiger partial charge in [-0.1, -0.05) is 43.0 Å². The van der Waals surface area contributed by atoms with Crippen molar-refractivity contribution in [3.05, 3.63) is 68.3 Å². The van der Waals surface area contributed by atoms with E-state index < -0.39 is 5.41 Å². The van der Waals surface area contributed by atoms with E-state index in [4.69, 9.17) is 9.47 Å². The van der Waals surface area contributed by atoms with Gasteiger partial charge in [0, 0.05) is 6.42 Å². The second kappa shape index (κ2) is 11.0. The molecule has 0 heterocycles. The highest BCUT2D eigenvalue weighted by atomic mass is 16.5. The molecular weight excluding hydrogens is 316 g/mol. The standard InChI is InChI=1S/C21H26O4/c1-4-14-21(15-5-2,16-10-13-19(22)24-17-6-3)20(23)25-18-11-8-7-9-12-18/h4-9,11-12H,1-3,10,13-17H2. The van der Waals surface area contributed by atoms with Crippen molar-refractivity contribution >= 4 is 11.9 Å². The lowest BCUT2D eigenvalue weighted by Crippen LogP contribution is -2.34. The highest BCUT2D eigenvalue weighted by Gasteiger charge is 2.37. The van der Waals surface area contributed by atoms with Crippen molar-refractivity contribution in [3.63, 3.8) is 0 Å². The van der Waals surface area contributed by atoms with Gasteiger partial charge >= 0.3 is 11.9 Å². The lowest BCUT2D eigenvalue weighted by atomic mass is 9.76. The first kappa shape index (κ1) is 20.4. The van der Waals surface area contributed by atoms with Crippen molar-refractivity contribution in [3.8, 4) is 5.75 Å². The predicted octanol–water partition coefficient (Wildman–Crippen LogP) is 4.63. The molecule has 1 rings (SSSR count). The van der Waals surface area contributed by atoms with E-state index in [1.807, 2.05) is 6.07 Å². The molecule has 0 aliphatic rings. The van der Waals surface area contributed by atoms with Gasteiger partial charge in [-0.05, 0) is 37.8 Å². The average molecular weight is 342 g/mol. The third kappa shape index (κ3) is 6.79. The lowest BCUT2D eigenvalue weighted by molar-refractivity contribution is -0.148. The van der Waals surface area contributed by atoms with Crippen LogP contribution in [0.2, 0.25) is 0 Å². The Balaban J connectivity index is 2.79. The van der Waals surface area contributed by atoms with E-state index in [9.17, 15) is 9.59 Å². The summed E-state index contributed by atoms with van der Waals surface area (Å²) in [5, 5.41) is 0. The van der Waals surface area contributed by atoms with Crippen LogP contribution in [0.4, 0.5) is 0 Å². The molecule has 0 fully saturated rings. The van der Waals surface area contributed by atoms with Crippen molar-refractivity contribution in [2.75, 3.05) is 6.61 Å². The van der Waals surface area contributed by atoms with Gasteiger partial charge in [0.25, 0.3) is 0 Å². The molecule has 0 N–H and O–H groups in total. The van der Waals surface area contributed by atoms with Crippen LogP contribution < -0.4 is 4.74 Å². The van der Waals surface area contributed by atoms with Crippen LogP contribution in [-0.2, 0) is 14.3 Å². The maximum Gasteiger partial charge on any atom is 0.318 e. The normalized spacial score (nSPS) is 10.6. The average Bonchev–Trinajstić information content (AvgIpc) is 2.61. The Hall–Kier alpha value is -2.62. The molecular formula is C21H26O4. The fourth-order valence-electron chi connectivity index (χ4n) is 2.61. The van der Waals surface area contributed by atoms with Gasteiger partial charge < -0.3 is 9.47 Å². The monoisotopic (exact) mass is 342 g/mol. The zero-order valence-corrected chi connectivity index (χ0v) is 14.6. The van der Waals surface area contributed by atoms with Crippen LogP contribution in [0, 0.1) is 5.41 Å². The Morgan fingerprint density at radius 1 is 1.00 bits per heavy atom. The first-order chi connectivity index (χ1) is 12.1. The molecule has 0 saturated carbocycles. The van der Waals surface area contributed by atoms with E-state index in [0.717, 1.165) is 0 Å². The van der Waals surface area contributed by atoms with Gasteiger partial charge in [-0.25, -0.2) is 0 Å². The number of hydrogen-bond acceptors (Lipinski definition) is 4. The SMILES string of the molecule is C=CCOC(=O)CCCC(CC=C)(CC=C)C(=O)Oc1ccccc1. The Morgan fingerprint density at radius 3 is 2.20 bits per heavy atom. The second-order valence-corrected chi connectivity index (χ2v) is 5.79. The molecule has 0 atom stereocenters. The van der Waals surface area contributed by atoms with Crippen molar-refractivity contribution in [2.45, 2.75) is 32.1 Å². The predicted molar refractivity (Wildman–Crippen MR) is 99.1 cm³/mol. The minimum absolute atomic E-state index is 0.194. The van der Waals surface area contributed by atoms with Crippen LogP contribution in [0.3, 0.4) is 0 Å². The number of para-hydroxylation sites is 1. The third-order valence-corrected chi connectivity index (χ3v) is 3.86. The molecule has 25 heavy (non-hydrogen) atoms. The summed E-state index contributed by atoms with van der Waals surface area (Å²) in [6, 6.07) is 8.93. The van der Waals surface area contributed by atoms with E-state index in [-0.39, 0.29) is 25.0 Å². The van der Waals surface area contributed by atoms with E-state index in [2.05, 4.69) is 19.7 Å². The molecule has 4 heteroatoms. The first-order valence-electron chi connectivity index (χ1n) is 8.33. The maximum absolute atomic E-state index is 12.8. The topological polar surface area (TPSA) is 52.6 Å². The fraction of sp³-hybridized carbons (Fsp3) is 0.333. The summed E-state index contributed by atoms with van der Waals surface area (Å²) in [6.07, 6.45) is 7.06. The second-order valence-electron chi connectivity index (χ2n) is 5.79. The summed E-state index contributed by atoms with van der Waals surface area (Å²) >= 11 is 0. The molecule has 0 amide bonds. The number of allylic oxidation sites excluding steroid dienone is 2. The molecule has 0 bridgehead atoms. The van der Waals surface area contributed by atoms with Crippen LogP contribution in [0.25, 0.3) is 0 Å². The molecule has 0 spiro atoms. The Kier molecular flexibility index (Phi) is 9.01. The van der Waals surface area contributed by atoms with Crippen LogP contribution in [0.5, 0.6) is 5.75 Å². The Bertz CT molecular complexity index is 579. The number of ether oxygens (including phenoxy) is 2. The van der Waals surface area contributed by atoms with Crippen molar-refractivity contribution < 1.29 is 19.1 Å². The van der Waals surface area contributed by atoms with Crippen LogP contribution >= 0.6 is 0 Å². The molecule has 0 radical (unpaired) electrons. The smallest absolute Gasteiger partial charge is 0.318 e. The number of benzene rings is 1. The fourth-order valence-corrected chi connectivity index (χ4v) is 2.61. The van der Waals surface area contributed by atoms with Gasteiger partial charge in [-0.15, -0.1) is 13.2 Å². The number of rotatable bonds is 12. The van der Waals surface area contributed by atoms with Gasteiger partial charge in [0.1, 0.15) is 12.4 Å². The van der Waals surface area contributed by atoms with Crippen LogP contribution in [-0.4, -0.2) is 18.5 Å². The van der Waals surface area contributed by atoms with E-state index in [1.54, 1.807) is 36.4 Å². The summed E-state index contributed by atoms with van der Waals surface area (Å²) in [6.45, 7) is 11.2. The molecule has 1 aromatic rings. The molecule has 4 nitrogen and oxygen atoms in total. The molecule has 0 aliphatic heterocycles. The quantitative estimate of drug-likeness (QED) is 0.316. The van der Waals surface area contributed by atoms with Gasteiger partial charge in [-0.2, -0.15) is 0 Å². The Labute approximate surface area is 149 Å². The van der Waals surface area contributed by atoms with Crippen LogP contribution in [0.15, 0.2) is 68.3 Å². The van der Waals surface area contributed by atoms with Gasteiger partial charge in [0.05, 0.1) is 5.41 Å². The van der Waals surface area contributed by atoms with E-state index >= 15 is 0 Å². The zero-order valence-electron chi connectivity index (χ0n) is 14.6. The van der Waals surface area contributed by atoms with Crippen molar-refractivity contribution in [1.82, 2.24) is 0 Å². The largest absolute Gasteiger partial charge is 0.461 e. The molecule has 0 unspecified atom stereocenters. The first-order valence-corrected chi connectivity index (χ1v) is 8.33. The van der Waals surface area contributed by atoms with Crippen molar-refractivity contribution in [1.29, 1.82) is 0 Å². The Morgan fingerprint density at radius 2 is 1.64 bits per heavy atom. The molecule has 0 saturated heterocycles. The van der Waals surface area contributed by atoms with Gasteiger partial charge in [0.2, 0.25) is 0 Å². The van der Waals surface area contributed by atoms with Gasteiger partial charge in [-0.3, -0.25) is 9.59 Å². The molecule has 0 aromatic heterocycles. The van der Waals surface area contributed by atoms with Crippen LogP contribution in [0.1, 0.15) is 32.1 Å². The molecule has 1 aromatic carbocycles. The minimum Gasteiger partial charge on any atom is -0.461 e. The maximum atomic E-state index is 12.8. The summed E-state index contributed by atoms with van der Waals surface area (Å²) in [5.74, 6) is -0.143. The third-order valence-electron chi connectivity index (χ3n) is 3.86. The van der Waals surface area contributed by atoms with Gasteiger partial charge in [0.15, 0.2) is 0 Å². The minimum atomic E-state index is -0.780. The summed E-state index contributed by atoms with van der Waals surface area (Å²) in [5.41, 5.74) is -0.780. The number of carbonyl (C=O) groups is 2. The molecule has 134 valence electrons. The summed E-state index contributed by atoms with van der Waals surface area (Å²) in [4.78, 5) is 24.5. The summed E-state index contributed by atoms with van der Waals surface area (Å²) in [7, 11) is 0. The molecule has 0 aliphatic carbocycles. The number of hydrogen-bond donors (Lipinski definition) is 0. The number of carbonyl (C=O) groups excluding carboxylic acids is 2. The van der Waals surface area contributed by atoms with E-state index in [1.165, 1.54) is 6.08 Å². The van der Waals surface area contributed by atoms with E-state index in [0.29, 0.717) is 31.4 Å².